The minimum Gasteiger partial charge on any atom is -0.544 e. The van der Waals surface area contributed by atoms with Crippen LogP contribution in [0.2, 0.25) is 0 Å². The normalized spacial score (nSPS) is 13.7. The third-order valence-corrected chi connectivity index (χ3v) is 9.37. The number of thiazole rings is 1. The van der Waals surface area contributed by atoms with Crippen molar-refractivity contribution in [1.82, 2.24) is 4.98 Å². The van der Waals surface area contributed by atoms with Gasteiger partial charge in [0.25, 0.3) is 10.0 Å². The van der Waals surface area contributed by atoms with Crippen molar-refractivity contribution in [2.75, 3.05) is 10.8 Å². The minimum atomic E-state index is -4.12. The van der Waals surface area contributed by atoms with Gasteiger partial charge in [0.1, 0.15) is 18.5 Å². The van der Waals surface area contributed by atoms with Gasteiger partial charge in [-0.05, 0) is 68.5 Å². The van der Waals surface area contributed by atoms with Crippen molar-refractivity contribution in [3.63, 3.8) is 0 Å². The largest absolute Gasteiger partial charge is 1.00 e. The van der Waals surface area contributed by atoms with Gasteiger partial charge in [-0.25, -0.2) is 9.37 Å². The molecule has 0 fully saturated rings. The van der Waals surface area contributed by atoms with Gasteiger partial charge in [-0.1, -0.05) is 0 Å². The van der Waals surface area contributed by atoms with Gasteiger partial charge >= 0.3 is 29.6 Å². The second-order valence-electron chi connectivity index (χ2n) is 7.86. The van der Waals surface area contributed by atoms with Crippen molar-refractivity contribution in [2.45, 2.75) is 50.2 Å². The number of nitrogens with zero attached hydrogens (tertiary/aromatic N) is 2. The van der Waals surface area contributed by atoms with Gasteiger partial charge in [-0.15, -0.1) is 22.7 Å². The molecule has 0 saturated heterocycles. The van der Waals surface area contributed by atoms with Crippen molar-refractivity contribution >= 4 is 44.4 Å². The van der Waals surface area contributed by atoms with E-state index in [1.54, 1.807) is 24.4 Å². The Kier molecular flexibility index (Phi) is 8.80. The molecule has 0 spiro atoms. The minimum absolute atomic E-state index is 0. The predicted octanol–water partition coefficient (Wildman–Crippen LogP) is 0.502. The molecule has 0 radical (unpaired) electrons. The molecule has 1 aliphatic rings. The van der Waals surface area contributed by atoms with Crippen LogP contribution in [-0.4, -0.2) is 32.1 Å². The molecule has 1 aliphatic carbocycles. The summed E-state index contributed by atoms with van der Waals surface area (Å²) in [5.41, 5.74) is 2.89. The van der Waals surface area contributed by atoms with E-state index in [1.807, 2.05) is 6.07 Å². The first-order chi connectivity index (χ1) is 15.6. The van der Waals surface area contributed by atoms with Crippen molar-refractivity contribution < 1.29 is 57.0 Å². The number of hydrogen-bond acceptors (Lipinski definition) is 8. The fourth-order valence-electron chi connectivity index (χ4n) is 3.71. The number of hydrogen-bond donors (Lipinski definition) is 0. The number of fused-ring (bicyclic) bond motifs is 1. The van der Waals surface area contributed by atoms with Crippen LogP contribution in [0.3, 0.4) is 0 Å². The molecule has 0 N–H and O–H groups in total. The molecule has 2 heterocycles. The number of aromatic carboxylic acids is 1. The molecule has 2 aromatic heterocycles. The monoisotopic (exact) mass is 532 g/mol. The average Bonchev–Trinajstić information content (AvgIpc) is 3.50. The Hall–Kier alpha value is -1.50. The van der Waals surface area contributed by atoms with Crippen LogP contribution in [0.15, 0.2) is 34.0 Å². The number of rotatable bonds is 9. The van der Waals surface area contributed by atoms with E-state index in [0.29, 0.717) is 16.3 Å². The first-order valence-corrected chi connectivity index (χ1v) is 13.5. The van der Waals surface area contributed by atoms with E-state index in [-0.39, 0.29) is 57.6 Å². The molecule has 0 saturated carbocycles. The standard InChI is InChI=1S/C22H23FN2O5S3.Na/c1-13(23)10-25(33(28,29)22-24-14(2)12-31-22)18-8-15-4-3-5-16(15)9-19(18)30-11-17-6-7-20(32-17)21(26)27;/h6-9,12-13H,3-5,10-11H2,1-2H3,(H,26,27);/q;+1/p-1. The Morgan fingerprint density at radius 3 is 2.59 bits per heavy atom. The van der Waals surface area contributed by atoms with Gasteiger partial charge in [-0.2, -0.15) is 8.42 Å². The molecular formula is C22H22FN2NaO5S3. The maximum absolute atomic E-state index is 14.2. The maximum atomic E-state index is 14.2. The van der Waals surface area contributed by atoms with Gasteiger partial charge in [0.2, 0.25) is 4.34 Å². The number of alkyl halides is 1. The van der Waals surface area contributed by atoms with Crippen LogP contribution < -0.4 is 43.7 Å². The summed E-state index contributed by atoms with van der Waals surface area (Å²) in [7, 11) is -4.12. The van der Waals surface area contributed by atoms with Crippen LogP contribution in [0, 0.1) is 6.92 Å². The van der Waals surface area contributed by atoms with Crippen LogP contribution in [0.25, 0.3) is 0 Å². The summed E-state index contributed by atoms with van der Waals surface area (Å²) >= 11 is 2.02. The average molecular weight is 533 g/mol. The summed E-state index contributed by atoms with van der Waals surface area (Å²) < 4.78 is 48.1. The molecule has 34 heavy (non-hydrogen) atoms. The van der Waals surface area contributed by atoms with Gasteiger partial charge in [-0.3, -0.25) is 4.31 Å². The Morgan fingerprint density at radius 1 is 1.29 bits per heavy atom. The smallest absolute Gasteiger partial charge is 0.544 e. The number of carbonyl (C=O) groups excluding carboxylic acids is 1. The van der Waals surface area contributed by atoms with E-state index in [0.717, 1.165) is 57.4 Å². The number of sulfonamides is 1. The fourth-order valence-corrected chi connectivity index (χ4v) is 7.14. The molecule has 3 aromatic rings. The SMILES string of the molecule is Cc1csc(S(=O)(=O)N(CC(C)F)c2cc3c(cc2OCc2ccc(C(=O)[O-])s2)CCC3)n1.[Na+]. The number of carboxylic acids is 1. The number of halogens is 1. The molecule has 1 unspecified atom stereocenters. The van der Waals surface area contributed by atoms with Crippen molar-refractivity contribution in [3.05, 3.63) is 56.2 Å². The summed E-state index contributed by atoms with van der Waals surface area (Å²) in [6.45, 7) is 2.66. The molecular weight excluding hydrogens is 510 g/mol. The second kappa shape index (κ2) is 11.0. The zero-order chi connectivity index (χ0) is 23.8. The van der Waals surface area contributed by atoms with Crippen molar-refractivity contribution in [3.8, 4) is 5.75 Å². The van der Waals surface area contributed by atoms with Crippen LogP contribution >= 0.6 is 22.7 Å². The van der Waals surface area contributed by atoms with Crippen molar-refractivity contribution in [1.29, 1.82) is 0 Å². The molecule has 0 aliphatic heterocycles. The van der Waals surface area contributed by atoms with E-state index >= 15 is 0 Å². The van der Waals surface area contributed by atoms with E-state index in [4.69, 9.17) is 4.74 Å². The second-order valence-corrected chi connectivity index (χ2v) is 11.9. The quantitative estimate of drug-likeness (QED) is 0.372. The number of aromatic nitrogens is 1. The van der Waals surface area contributed by atoms with E-state index in [2.05, 4.69) is 4.98 Å². The molecule has 1 atom stereocenters. The Morgan fingerprint density at radius 2 is 2.00 bits per heavy atom. The zero-order valence-electron chi connectivity index (χ0n) is 19.0. The topological polar surface area (TPSA) is 99.6 Å². The number of thiophene rings is 1. The number of carboxylic acid groups (broad SMARTS) is 1. The first-order valence-electron chi connectivity index (χ1n) is 10.3. The summed E-state index contributed by atoms with van der Waals surface area (Å²) in [5.74, 6) is -0.964. The van der Waals surface area contributed by atoms with Gasteiger partial charge < -0.3 is 14.6 Å². The number of ether oxygens (including phenoxy) is 1. The van der Waals surface area contributed by atoms with Gasteiger partial charge in [0, 0.05) is 16.0 Å². The van der Waals surface area contributed by atoms with Crippen LogP contribution in [0.1, 0.15) is 44.7 Å². The molecule has 4 rings (SSSR count). The van der Waals surface area contributed by atoms with E-state index in [1.165, 1.54) is 13.0 Å². The number of carbonyl (C=O) groups is 1. The van der Waals surface area contributed by atoms with E-state index in [9.17, 15) is 22.7 Å². The number of anilines is 1. The van der Waals surface area contributed by atoms with Gasteiger partial charge in [0.15, 0.2) is 0 Å². The summed E-state index contributed by atoms with van der Waals surface area (Å²) in [5, 5.41) is 12.7. The summed E-state index contributed by atoms with van der Waals surface area (Å²) in [6, 6.07) is 6.64. The molecule has 0 amide bonds. The number of aryl methyl sites for hydroxylation is 3. The van der Waals surface area contributed by atoms with Crippen LogP contribution in [0.4, 0.5) is 10.1 Å². The molecule has 1 aromatic carbocycles. The third kappa shape index (κ3) is 5.83. The Bertz CT molecular complexity index is 1290. The molecule has 7 nitrogen and oxygen atoms in total. The maximum Gasteiger partial charge on any atom is 1.00 e. The Labute approximate surface area is 227 Å². The number of benzene rings is 1. The van der Waals surface area contributed by atoms with Gasteiger partial charge in [0.05, 0.1) is 23.1 Å². The zero-order valence-corrected chi connectivity index (χ0v) is 23.5. The van der Waals surface area contributed by atoms with Crippen LogP contribution in [-0.2, 0) is 29.5 Å². The molecule has 176 valence electrons. The van der Waals surface area contributed by atoms with Crippen LogP contribution in [0.5, 0.6) is 5.75 Å². The molecule has 12 heteroatoms. The van der Waals surface area contributed by atoms with Crippen molar-refractivity contribution in [2.24, 2.45) is 0 Å². The molecule has 0 bridgehead atoms. The summed E-state index contributed by atoms with van der Waals surface area (Å²) in [6.07, 6.45) is 1.16. The Balaban J connectivity index is 0.00000324. The predicted molar refractivity (Wildman–Crippen MR) is 123 cm³/mol. The van der Waals surface area contributed by atoms with E-state index < -0.39 is 22.2 Å². The summed E-state index contributed by atoms with van der Waals surface area (Å²) in [4.78, 5) is 15.9. The fraction of sp³-hybridized carbons (Fsp3) is 0.364. The third-order valence-electron chi connectivity index (χ3n) is 5.20. The first kappa shape index (κ1) is 27.1.